The van der Waals surface area contributed by atoms with Crippen LogP contribution in [-0.2, 0) is 15.1 Å². The van der Waals surface area contributed by atoms with E-state index in [-0.39, 0.29) is 5.91 Å². The zero-order chi connectivity index (χ0) is 19.6. The van der Waals surface area contributed by atoms with Gasteiger partial charge in [0.1, 0.15) is 5.60 Å². The third kappa shape index (κ3) is 2.85. The zero-order valence-electron chi connectivity index (χ0n) is 16.1. The van der Waals surface area contributed by atoms with Crippen molar-refractivity contribution in [2.45, 2.75) is 25.7 Å². The number of nitrogens with zero attached hydrogens (tertiary/aromatic N) is 1. The number of anilines is 1. The van der Waals surface area contributed by atoms with Crippen LogP contribution in [0, 0.1) is 0 Å². The topological polar surface area (TPSA) is 29.5 Å². The van der Waals surface area contributed by atoms with Crippen LogP contribution in [0.5, 0.6) is 0 Å². The molecule has 4 rings (SSSR count). The van der Waals surface area contributed by atoms with Crippen LogP contribution in [0.4, 0.5) is 5.69 Å². The van der Waals surface area contributed by atoms with E-state index >= 15 is 0 Å². The molecule has 0 bridgehead atoms. The highest BCUT2D eigenvalue weighted by atomic mass is 16.5. The second-order valence-electron chi connectivity index (χ2n) is 6.85. The summed E-state index contributed by atoms with van der Waals surface area (Å²) in [6.45, 7) is 3.52. The van der Waals surface area contributed by atoms with Crippen LogP contribution < -0.4 is 4.90 Å². The molecule has 1 aliphatic heterocycles. The van der Waals surface area contributed by atoms with Crippen LogP contribution in [-0.4, -0.2) is 12.1 Å². The van der Waals surface area contributed by atoms with E-state index in [9.17, 15) is 4.79 Å². The summed E-state index contributed by atoms with van der Waals surface area (Å²) >= 11 is 0. The molecule has 0 radical (unpaired) electrons. The summed E-state index contributed by atoms with van der Waals surface area (Å²) in [7, 11) is 0. The fourth-order valence-electron chi connectivity index (χ4n) is 4.01. The van der Waals surface area contributed by atoms with Crippen LogP contribution in [0.2, 0.25) is 0 Å². The lowest BCUT2D eigenvalue weighted by Gasteiger charge is -2.47. The van der Waals surface area contributed by atoms with Crippen molar-refractivity contribution in [2.75, 3.05) is 4.90 Å². The van der Waals surface area contributed by atoms with E-state index in [4.69, 9.17) is 4.74 Å². The smallest absolute Gasteiger partial charge is 0.226 e. The Morgan fingerprint density at radius 3 is 1.96 bits per heavy atom. The Hall–Kier alpha value is -3.17. The van der Waals surface area contributed by atoms with Gasteiger partial charge >= 0.3 is 0 Å². The molecule has 140 valence electrons. The maximum absolute atomic E-state index is 12.5. The molecule has 1 aliphatic rings. The highest BCUT2D eigenvalue weighted by Crippen LogP contribution is 2.49. The lowest BCUT2D eigenvalue weighted by atomic mass is 9.78. The minimum absolute atomic E-state index is 0.0507. The summed E-state index contributed by atoms with van der Waals surface area (Å²) in [5, 5.41) is 0. The van der Waals surface area contributed by atoms with Crippen LogP contribution in [0.25, 0.3) is 0 Å². The molecule has 0 N–H and O–H groups in total. The van der Waals surface area contributed by atoms with Crippen molar-refractivity contribution < 1.29 is 9.53 Å². The van der Waals surface area contributed by atoms with E-state index in [2.05, 4.69) is 30.3 Å². The van der Waals surface area contributed by atoms with Gasteiger partial charge < -0.3 is 4.74 Å². The summed E-state index contributed by atoms with van der Waals surface area (Å²) in [6, 6.07) is 28.4. The predicted molar refractivity (Wildman–Crippen MR) is 112 cm³/mol. The van der Waals surface area contributed by atoms with E-state index in [1.807, 2.05) is 73.7 Å². The molecule has 1 atom stereocenters. The number of hydrogen-bond donors (Lipinski definition) is 0. The monoisotopic (exact) mass is 369 g/mol. The van der Waals surface area contributed by atoms with E-state index < -0.39 is 11.8 Å². The van der Waals surface area contributed by atoms with Crippen molar-refractivity contribution in [1.82, 2.24) is 0 Å². The van der Waals surface area contributed by atoms with Crippen molar-refractivity contribution in [2.24, 2.45) is 0 Å². The van der Waals surface area contributed by atoms with Crippen molar-refractivity contribution >= 4 is 11.6 Å². The molecule has 0 saturated heterocycles. The number of ether oxygens (including phenoxy) is 1. The van der Waals surface area contributed by atoms with Gasteiger partial charge in [-0.2, -0.15) is 0 Å². The van der Waals surface area contributed by atoms with Gasteiger partial charge in [-0.15, -0.1) is 0 Å². The summed E-state index contributed by atoms with van der Waals surface area (Å²) in [5.74, 6) is -0.0507. The molecule has 3 nitrogen and oxygen atoms in total. The van der Waals surface area contributed by atoms with Gasteiger partial charge in [-0.25, -0.2) is 0 Å². The molecule has 0 spiro atoms. The standard InChI is InChI=1S/C25H23NO2/c1-3-12-24-26(19(2)27)23-18-11-10-17-22(23)25(28-24,20-13-6-4-7-14-20)21-15-8-5-9-16-21/h3-18,24H,1-2H3/b12-3+/t24-/m0/s1. The Morgan fingerprint density at radius 2 is 1.43 bits per heavy atom. The summed E-state index contributed by atoms with van der Waals surface area (Å²) in [4.78, 5) is 14.3. The minimum Gasteiger partial charge on any atom is -0.334 e. The molecule has 3 heteroatoms. The Labute approximate surface area is 165 Å². The normalized spacial score (nSPS) is 18.1. The second kappa shape index (κ2) is 7.45. The zero-order valence-corrected chi connectivity index (χ0v) is 16.1. The van der Waals surface area contributed by atoms with Crippen molar-refractivity contribution in [1.29, 1.82) is 0 Å². The number of para-hydroxylation sites is 1. The van der Waals surface area contributed by atoms with Gasteiger partial charge in [-0.05, 0) is 30.2 Å². The Kier molecular flexibility index (Phi) is 4.84. The van der Waals surface area contributed by atoms with Crippen LogP contribution in [0.3, 0.4) is 0 Å². The van der Waals surface area contributed by atoms with E-state index in [0.717, 1.165) is 22.4 Å². The fourth-order valence-corrected chi connectivity index (χ4v) is 4.01. The predicted octanol–water partition coefficient (Wildman–Crippen LogP) is 5.26. The Balaban J connectivity index is 2.08. The van der Waals surface area contributed by atoms with Gasteiger partial charge in [0.2, 0.25) is 5.91 Å². The third-order valence-electron chi connectivity index (χ3n) is 5.15. The lowest BCUT2D eigenvalue weighted by Crippen LogP contribution is -2.51. The Morgan fingerprint density at radius 1 is 0.893 bits per heavy atom. The molecule has 0 aliphatic carbocycles. The minimum atomic E-state index is -0.810. The van der Waals surface area contributed by atoms with Gasteiger partial charge in [-0.3, -0.25) is 9.69 Å². The molecular formula is C25H23NO2. The second-order valence-corrected chi connectivity index (χ2v) is 6.85. The van der Waals surface area contributed by atoms with Crippen LogP contribution in [0.1, 0.15) is 30.5 Å². The highest BCUT2D eigenvalue weighted by Gasteiger charge is 2.47. The number of amides is 1. The number of carbonyl (C=O) groups excluding carboxylic acids is 1. The molecule has 3 aromatic carbocycles. The lowest BCUT2D eigenvalue weighted by molar-refractivity contribution is -0.121. The average Bonchev–Trinajstić information content (AvgIpc) is 2.74. The van der Waals surface area contributed by atoms with E-state index in [1.165, 1.54) is 0 Å². The molecule has 0 unspecified atom stereocenters. The van der Waals surface area contributed by atoms with Crippen molar-refractivity contribution in [3.8, 4) is 0 Å². The van der Waals surface area contributed by atoms with Crippen LogP contribution >= 0.6 is 0 Å². The maximum atomic E-state index is 12.5. The van der Waals surface area contributed by atoms with Crippen LogP contribution in [0.15, 0.2) is 97.1 Å². The van der Waals surface area contributed by atoms with Crippen molar-refractivity contribution in [3.05, 3.63) is 114 Å². The first kappa shape index (κ1) is 18.2. The third-order valence-corrected chi connectivity index (χ3v) is 5.15. The van der Waals surface area contributed by atoms with Gasteiger partial charge in [0.15, 0.2) is 6.23 Å². The average molecular weight is 369 g/mol. The quantitative estimate of drug-likeness (QED) is 0.589. The molecule has 0 saturated carbocycles. The molecule has 1 amide bonds. The highest BCUT2D eigenvalue weighted by molar-refractivity contribution is 5.94. The first-order chi connectivity index (χ1) is 13.7. The van der Waals surface area contributed by atoms with Crippen molar-refractivity contribution in [3.63, 3.8) is 0 Å². The number of fused-ring (bicyclic) bond motifs is 1. The number of allylic oxidation sites excluding steroid dienone is 1. The number of hydrogen-bond acceptors (Lipinski definition) is 2. The first-order valence-electron chi connectivity index (χ1n) is 9.49. The fraction of sp³-hybridized carbons (Fsp3) is 0.160. The molecule has 28 heavy (non-hydrogen) atoms. The van der Waals surface area contributed by atoms with E-state index in [1.54, 1.807) is 11.8 Å². The summed E-state index contributed by atoms with van der Waals surface area (Å²) in [5.41, 5.74) is 3.09. The number of rotatable bonds is 3. The maximum Gasteiger partial charge on any atom is 0.226 e. The molecule has 1 heterocycles. The van der Waals surface area contributed by atoms with E-state index in [0.29, 0.717) is 0 Å². The molecule has 3 aromatic rings. The summed E-state index contributed by atoms with van der Waals surface area (Å²) < 4.78 is 6.81. The number of benzene rings is 3. The Bertz CT molecular complexity index is 956. The summed E-state index contributed by atoms with van der Waals surface area (Å²) in [6.07, 6.45) is 3.35. The van der Waals surface area contributed by atoms with Gasteiger partial charge in [-0.1, -0.05) is 84.9 Å². The largest absolute Gasteiger partial charge is 0.334 e. The first-order valence-corrected chi connectivity index (χ1v) is 9.49. The number of carbonyl (C=O) groups is 1. The molecule has 0 fully saturated rings. The molecule has 0 aromatic heterocycles. The van der Waals surface area contributed by atoms with Gasteiger partial charge in [0.05, 0.1) is 5.69 Å². The van der Waals surface area contributed by atoms with Gasteiger partial charge in [0.25, 0.3) is 0 Å². The van der Waals surface area contributed by atoms with Gasteiger partial charge in [0, 0.05) is 12.5 Å². The molecular weight excluding hydrogens is 346 g/mol. The SMILES string of the molecule is C/C=C/[C@@H]1OC(c2ccccc2)(c2ccccc2)c2ccccc2N1C(C)=O.